The van der Waals surface area contributed by atoms with Gasteiger partial charge in [0.15, 0.2) is 5.21 Å². The molecule has 17 heavy (non-hydrogen) atoms. The van der Waals surface area contributed by atoms with Gasteiger partial charge in [-0.1, -0.05) is 4.80 Å². The lowest BCUT2D eigenvalue weighted by Crippen LogP contribution is -2.63. The highest BCUT2D eigenvalue weighted by atomic mass is 15.7. The van der Waals surface area contributed by atoms with Crippen LogP contribution >= 0.6 is 0 Å². The highest BCUT2D eigenvalue weighted by Gasteiger charge is 2.40. The lowest BCUT2D eigenvalue weighted by atomic mass is 9.94. The van der Waals surface area contributed by atoms with Gasteiger partial charge < -0.3 is 0 Å². The van der Waals surface area contributed by atoms with Crippen molar-refractivity contribution >= 4 is 0 Å². The Kier molecular flexibility index (Phi) is 3.15. The highest BCUT2D eigenvalue weighted by Crippen LogP contribution is 2.21. The number of nitrogens with zero attached hydrogens (tertiary/aromatic N) is 4. The molecule has 0 aliphatic carbocycles. The van der Waals surface area contributed by atoms with E-state index in [1.54, 1.807) is 0 Å². The first-order valence-electron chi connectivity index (χ1n) is 6.24. The molecule has 0 saturated heterocycles. The van der Waals surface area contributed by atoms with Gasteiger partial charge in [-0.3, -0.25) is 0 Å². The molecular formula is C13H27N4+. The third-order valence-corrected chi connectivity index (χ3v) is 2.52. The van der Waals surface area contributed by atoms with Crippen LogP contribution in [-0.4, -0.2) is 15.1 Å². The molecule has 1 aromatic heterocycles. The second kappa shape index (κ2) is 3.79. The number of tetrazole rings is 1. The molecule has 0 bridgehead atoms. The number of aromatic nitrogens is 4. The molecule has 0 unspecified atom stereocenters. The summed E-state index contributed by atoms with van der Waals surface area (Å²) in [7, 11) is 0. The first-order valence-corrected chi connectivity index (χ1v) is 6.24. The van der Waals surface area contributed by atoms with Crippen LogP contribution in [-0.2, 0) is 16.5 Å². The van der Waals surface area contributed by atoms with Gasteiger partial charge >= 0.3 is 5.82 Å². The third kappa shape index (κ3) is 2.85. The van der Waals surface area contributed by atoms with Crippen LogP contribution in [0.15, 0.2) is 0 Å². The Balaban J connectivity index is 3.53. The molecule has 0 saturated carbocycles. The van der Waals surface area contributed by atoms with Crippen LogP contribution in [0.5, 0.6) is 0 Å². The maximum atomic E-state index is 4.40. The third-order valence-electron chi connectivity index (χ3n) is 2.52. The van der Waals surface area contributed by atoms with E-state index in [0.717, 1.165) is 5.82 Å². The van der Waals surface area contributed by atoms with E-state index in [0.29, 0.717) is 0 Å². The fourth-order valence-corrected chi connectivity index (χ4v) is 1.76. The standard InChI is InChI=1S/C13H27N4/c1-11(2,3)10-14-15-17(13(7,8)9)16(10)12(4,5)6/h1-9H3/q+1. The summed E-state index contributed by atoms with van der Waals surface area (Å²) in [6.45, 7) is 19.5. The Morgan fingerprint density at radius 1 is 0.882 bits per heavy atom. The smallest absolute Gasteiger partial charge is 0.154 e. The number of rotatable bonds is 0. The van der Waals surface area contributed by atoms with Gasteiger partial charge in [0.2, 0.25) is 0 Å². The largest absolute Gasteiger partial charge is 0.306 e. The van der Waals surface area contributed by atoms with Gasteiger partial charge in [-0.15, -0.1) is 0 Å². The second-order valence-corrected chi connectivity index (χ2v) is 7.71. The topological polar surface area (TPSA) is 34.6 Å². The molecular weight excluding hydrogens is 212 g/mol. The van der Waals surface area contributed by atoms with Gasteiger partial charge in [-0.25, -0.2) is 0 Å². The summed E-state index contributed by atoms with van der Waals surface area (Å²) >= 11 is 0. The van der Waals surface area contributed by atoms with Crippen LogP contribution in [0.1, 0.15) is 68.1 Å². The molecule has 0 aliphatic rings. The maximum Gasteiger partial charge on any atom is 0.306 e. The van der Waals surface area contributed by atoms with Gasteiger partial charge in [0.1, 0.15) is 16.2 Å². The highest BCUT2D eigenvalue weighted by molar-refractivity contribution is 4.92. The summed E-state index contributed by atoms with van der Waals surface area (Å²) in [5.74, 6) is 1.03. The zero-order chi connectivity index (χ0) is 13.6. The molecule has 0 atom stereocenters. The molecule has 0 amide bonds. The summed E-state index contributed by atoms with van der Waals surface area (Å²) in [4.78, 5) is 1.99. The van der Waals surface area contributed by atoms with Crippen molar-refractivity contribution in [1.82, 2.24) is 15.1 Å². The fraction of sp³-hybridized carbons (Fsp3) is 0.923. The Hall–Kier alpha value is -0.930. The van der Waals surface area contributed by atoms with Crippen LogP contribution in [0.2, 0.25) is 0 Å². The van der Waals surface area contributed by atoms with Crippen molar-refractivity contribution < 1.29 is 4.68 Å². The molecule has 0 fully saturated rings. The lowest BCUT2D eigenvalue weighted by Gasteiger charge is -2.27. The lowest BCUT2D eigenvalue weighted by molar-refractivity contribution is -0.842. The minimum atomic E-state index is -0.0657. The van der Waals surface area contributed by atoms with E-state index >= 15 is 0 Å². The van der Waals surface area contributed by atoms with E-state index in [4.69, 9.17) is 0 Å². The van der Waals surface area contributed by atoms with Crippen molar-refractivity contribution in [2.24, 2.45) is 0 Å². The van der Waals surface area contributed by atoms with Gasteiger partial charge in [-0.05, 0) is 62.3 Å². The summed E-state index contributed by atoms with van der Waals surface area (Å²) in [6.07, 6.45) is 0. The van der Waals surface area contributed by atoms with Crippen molar-refractivity contribution in [1.29, 1.82) is 0 Å². The molecule has 4 nitrogen and oxygen atoms in total. The van der Waals surface area contributed by atoms with Crippen LogP contribution in [0.4, 0.5) is 0 Å². The SMILES string of the molecule is CC(C)(C)c1nnn(C(C)(C)C)[n+]1C(C)(C)C. The monoisotopic (exact) mass is 239 g/mol. The summed E-state index contributed by atoms with van der Waals surface area (Å²) in [6, 6.07) is 0. The summed E-state index contributed by atoms with van der Waals surface area (Å²) < 4.78 is 2.22. The molecule has 0 aromatic carbocycles. The number of hydrogen-bond donors (Lipinski definition) is 0. The van der Waals surface area contributed by atoms with E-state index in [1.165, 1.54) is 0 Å². The summed E-state index contributed by atoms with van der Waals surface area (Å²) in [5.41, 5.74) is -0.0973. The van der Waals surface area contributed by atoms with Gasteiger partial charge in [-0.2, -0.15) is 4.68 Å². The fourth-order valence-electron chi connectivity index (χ4n) is 1.76. The molecule has 4 heteroatoms. The van der Waals surface area contributed by atoms with Crippen molar-refractivity contribution in [3.63, 3.8) is 0 Å². The predicted octanol–water partition coefficient (Wildman–Crippen LogP) is 2.37. The van der Waals surface area contributed by atoms with Gasteiger partial charge in [0, 0.05) is 0 Å². The normalized spacial score (nSPS) is 14.2. The van der Waals surface area contributed by atoms with Crippen LogP contribution in [0.3, 0.4) is 0 Å². The molecule has 0 radical (unpaired) electrons. The molecule has 1 aromatic rings. The molecule has 98 valence electrons. The van der Waals surface area contributed by atoms with Gasteiger partial charge in [0.25, 0.3) is 0 Å². The van der Waals surface area contributed by atoms with E-state index in [1.807, 2.05) is 4.80 Å². The maximum absolute atomic E-state index is 4.40. The van der Waals surface area contributed by atoms with Gasteiger partial charge in [0.05, 0.1) is 5.41 Å². The molecule has 0 N–H and O–H groups in total. The van der Waals surface area contributed by atoms with E-state index in [2.05, 4.69) is 77.3 Å². The Morgan fingerprint density at radius 2 is 1.35 bits per heavy atom. The van der Waals surface area contributed by atoms with Crippen LogP contribution in [0, 0.1) is 0 Å². The van der Waals surface area contributed by atoms with Crippen molar-refractivity contribution in [3.05, 3.63) is 5.82 Å². The van der Waals surface area contributed by atoms with Crippen LogP contribution < -0.4 is 4.68 Å². The van der Waals surface area contributed by atoms with Crippen molar-refractivity contribution in [3.8, 4) is 0 Å². The molecule has 1 heterocycles. The average molecular weight is 239 g/mol. The quantitative estimate of drug-likeness (QED) is 0.651. The first-order chi connectivity index (χ1) is 7.35. The van der Waals surface area contributed by atoms with Crippen molar-refractivity contribution in [2.45, 2.75) is 78.8 Å². The predicted molar refractivity (Wildman–Crippen MR) is 68.9 cm³/mol. The number of hydrogen-bond acceptors (Lipinski definition) is 2. The molecule has 0 spiro atoms. The average Bonchev–Trinajstić information content (AvgIpc) is 2.42. The summed E-state index contributed by atoms with van der Waals surface area (Å²) in [5, 5.41) is 8.75. The molecule has 1 rings (SSSR count). The van der Waals surface area contributed by atoms with E-state index in [-0.39, 0.29) is 16.5 Å². The second-order valence-electron chi connectivity index (χ2n) is 7.71. The van der Waals surface area contributed by atoms with Crippen molar-refractivity contribution in [2.75, 3.05) is 0 Å². The minimum absolute atomic E-state index is 0.00319. The van der Waals surface area contributed by atoms with E-state index < -0.39 is 0 Å². The first kappa shape index (κ1) is 14.1. The zero-order valence-electron chi connectivity index (χ0n) is 12.8. The Morgan fingerprint density at radius 3 is 1.65 bits per heavy atom. The Labute approximate surface area is 105 Å². The molecule has 0 aliphatic heterocycles. The Bertz CT molecular complexity index is 365. The van der Waals surface area contributed by atoms with E-state index in [9.17, 15) is 0 Å². The minimum Gasteiger partial charge on any atom is -0.154 e. The zero-order valence-corrected chi connectivity index (χ0v) is 12.8. The van der Waals surface area contributed by atoms with Crippen LogP contribution in [0.25, 0.3) is 0 Å².